The van der Waals surface area contributed by atoms with Crippen molar-refractivity contribution in [3.8, 4) is 11.5 Å². The van der Waals surface area contributed by atoms with E-state index in [9.17, 15) is 16.8 Å². The molecule has 0 aliphatic heterocycles. The van der Waals surface area contributed by atoms with Crippen molar-refractivity contribution >= 4 is 19.7 Å². The van der Waals surface area contributed by atoms with Gasteiger partial charge in [0.25, 0.3) is 0 Å². The number of sulfone groups is 2. The van der Waals surface area contributed by atoms with Gasteiger partial charge < -0.3 is 9.47 Å². The van der Waals surface area contributed by atoms with E-state index in [1.165, 1.54) is 0 Å². The zero-order chi connectivity index (χ0) is 27.1. The van der Waals surface area contributed by atoms with Crippen LogP contribution in [-0.4, -0.2) is 36.8 Å². The van der Waals surface area contributed by atoms with Crippen LogP contribution in [0, 0.1) is 6.92 Å². The molecule has 0 unspecified atom stereocenters. The SMILES string of the molecule is CC.CC.CCS(=O)(=O)c1ccc(OC)cc1.COc1ccc(S(=O)(=O)c2ccc(C)cc2)cc1. The van der Waals surface area contributed by atoms with Crippen LogP contribution in [0.2, 0.25) is 0 Å². The van der Waals surface area contributed by atoms with E-state index in [-0.39, 0.29) is 10.6 Å². The van der Waals surface area contributed by atoms with E-state index >= 15 is 0 Å². The van der Waals surface area contributed by atoms with E-state index in [1.807, 2.05) is 34.6 Å². The van der Waals surface area contributed by atoms with Crippen LogP contribution >= 0.6 is 0 Å². The minimum atomic E-state index is -3.44. The Hall–Kier alpha value is -2.84. The Labute approximate surface area is 211 Å². The molecule has 0 fully saturated rings. The van der Waals surface area contributed by atoms with Gasteiger partial charge >= 0.3 is 0 Å². The molecule has 6 nitrogen and oxygen atoms in total. The molecule has 0 aliphatic rings. The molecule has 0 amide bonds. The molecule has 194 valence electrons. The Morgan fingerprint density at radius 3 is 1.20 bits per heavy atom. The summed E-state index contributed by atoms with van der Waals surface area (Å²) in [6.07, 6.45) is 0. The third kappa shape index (κ3) is 9.74. The van der Waals surface area contributed by atoms with Crippen LogP contribution in [0.15, 0.2) is 87.5 Å². The van der Waals surface area contributed by atoms with Gasteiger partial charge in [0.2, 0.25) is 9.84 Å². The summed E-state index contributed by atoms with van der Waals surface area (Å²) in [5.74, 6) is 1.42. The monoisotopic (exact) mass is 522 g/mol. The smallest absolute Gasteiger partial charge is 0.206 e. The average molecular weight is 523 g/mol. The van der Waals surface area contributed by atoms with Gasteiger partial charge in [-0.15, -0.1) is 0 Å². The number of benzene rings is 3. The van der Waals surface area contributed by atoms with Crippen LogP contribution in [0.5, 0.6) is 11.5 Å². The molecule has 3 aromatic rings. The van der Waals surface area contributed by atoms with Gasteiger partial charge in [-0.1, -0.05) is 52.3 Å². The van der Waals surface area contributed by atoms with Gasteiger partial charge in [-0.3, -0.25) is 0 Å². The number of aryl methyl sites for hydroxylation is 1. The Morgan fingerprint density at radius 2 is 0.886 bits per heavy atom. The normalized spacial score (nSPS) is 10.3. The fraction of sp³-hybridized carbons (Fsp3) is 0.333. The highest BCUT2D eigenvalue weighted by atomic mass is 32.2. The van der Waals surface area contributed by atoms with Crippen LogP contribution < -0.4 is 9.47 Å². The van der Waals surface area contributed by atoms with Gasteiger partial charge in [0.05, 0.1) is 34.7 Å². The van der Waals surface area contributed by atoms with Gasteiger partial charge in [0.15, 0.2) is 9.84 Å². The second-order valence-electron chi connectivity index (χ2n) is 6.57. The summed E-state index contributed by atoms with van der Waals surface area (Å²) in [5, 5.41) is 0. The molecule has 3 rings (SSSR count). The average Bonchev–Trinajstić information content (AvgIpc) is 2.91. The maximum atomic E-state index is 12.3. The summed E-state index contributed by atoms with van der Waals surface area (Å²) in [6.45, 7) is 11.5. The highest BCUT2D eigenvalue weighted by Gasteiger charge is 2.17. The minimum Gasteiger partial charge on any atom is -0.497 e. The van der Waals surface area contributed by atoms with Gasteiger partial charge in [0.1, 0.15) is 11.5 Å². The van der Waals surface area contributed by atoms with E-state index in [0.717, 1.165) is 5.56 Å². The first-order valence-corrected chi connectivity index (χ1v) is 14.6. The number of ether oxygens (including phenoxy) is 2. The van der Waals surface area contributed by atoms with Crippen molar-refractivity contribution in [2.45, 2.75) is 56.2 Å². The van der Waals surface area contributed by atoms with E-state index < -0.39 is 19.7 Å². The molecule has 0 aliphatic carbocycles. The Morgan fingerprint density at radius 1 is 0.571 bits per heavy atom. The van der Waals surface area contributed by atoms with E-state index in [1.54, 1.807) is 93.9 Å². The molecular weight excluding hydrogens is 484 g/mol. The molecule has 0 heterocycles. The van der Waals surface area contributed by atoms with Gasteiger partial charge in [-0.05, 0) is 67.6 Å². The first-order valence-electron chi connectivity index (χ1n) is 11.5. The fourth-order valence-electron chi connectivity index (χ4n) is 2.56. The minimum absolute atomic E-state index is 0.124. The summed E-state index contributed by atoms with van der Waals surface area (Å²) in [4.78, 5) is 0.918. The van der Waals surface area contributed by atoms with Crippen LogP contribution in [0.3, 0.4) is 0 Å². The second-order valence-corrected chi connectivity index (χ2v) is 10.8. The number of hydrogen-bond donors (Lipinski definition) is 0. The van der Waals surface area contributed by atoms with Gasteiger partial charge in [0, 0.05) is 0 Å². The van der Waals surface area contributed by atoms with E-state index in [2.05, 4.69) is 0 Å². The van der Waals surface area contributed by atoms with Gasteiger partial charge in [-0.2, -0.15) is 0 Å². The fourth-order valence-corrected chi connectivity index (χ4v) is 4.70. The Bertz CT molecular complexity index is 1180. The predicted molar refractivity (Wildman–Crippen MR) is 143 cm³/mol. The molecule has 0 N–H and O–H groups in total. The summed E-state index contributed by atoms with van der Waals surface area (Å²) in [6, 6.07) is 19.6. The molecule has 0 spiro atoms. The first-order chi connectivity index (χ1) is 16.6. The zero-order valence-corrected chi connectivity index (χ0v) is 23.5. The van der Waals surface area contributed by atoms with Crippen molar-refractivity contribution in [1.29, 1.82) is 0 Å². The largest absolute Gasteiger partial charge is 0.497 e. The third-order valence-corrected chi connectivity index (χ3v) is 8.04. The lowest BCUT2D eigenvalue weighted by molar-refractivity contribution is 0.414. The van der Waals surface area contributed by atoms with Crippen LogP contribution in [0.1, 0.15) is 40.2 Å². The van der Waals surface area contributed by atoms with Gasteiger partial charge in [-0.25, -0.2) is 16.8 Å². The second kappa shape index (κ2) is 15.9. The van der Waals surface area contributed by atoms with Crippen LogP contribution in [-0.2, 0) is 19.7 Å². The van der Waals surface area contributed by atoms with Crippen molar-refractivity contribution in [3.05, 3.63) is 78.4 Å². The summed E-state index contributed by atoms with van der Waals surface area (Å²) < 4.78 is 57.3. The van der Waals surface area contributed by atoms with E-state index in [4.69, 9.17) is 9.47 Å². The maximum absolute atomic E-state index is 12.3. The van der Waals surface area contributed by atoms with Crippen molar-refractivity contribution in [1.82, 2.24) is 0 Å². The topological polar surface area (TPSA) is 86.7 Å². The van der Waals surface area contributed by atoms with Crippen LogP contribution in [0.25, 0.3) is 0 Å². The zero-order valence-electron chi connectivity index (χ0n) is 21.9. The van der Waals surface area contributed by atoms with E-state index in [0.29, 0.717) is 21.3 Å². The molecule has 0 radical (unpaired) electrons. The number of hydrogen-bond acceptors (Lipinski definition) is 6. The maximum Gasteiger partial charge on any atom is 0.206 e. The lowest BCUT2D eigenvalue weighted by Crippen LogP contribution is -2.03. The molecule has 0 atom stereocenters. The van der Waals surface area contributed by atoms with Crippen molar-refractivity contribution in [2.24, 2.45) is 0 Å². The molecule has 35 heavy (non-hydrogen) atoms. The molecule has 0 saturated heterocycles. The molecular formula is C27H38O6S2. The number of methoxy groups -OCH3 is 2. The molecule has 0 aromatic heterocycles. The quantitative estimate of drug-likeness (QED) is 0.373. The Balaban J connectivity index is 0.000000602. The number of rotatable bonds is 6. The van der Waals surface area contributed by atoms with Crippen molar-refractivity contribution in [3.63, 3.8) is 0 Å². The van der Waals surface area contributed by atoms with Crippen molar-refractivity contribution < 1.29 is 26.3 Å². The van der Waals surface area contributed by atoms with Crippen LogP contribution in [0.4, 0.5) is 0 Å². The lowest BCUT2D eigenvalue weighted by Gasteiger charge is -2.06. The molecule has 3 aromatic carbocycles. The molecule has 0 bridgehead atoms. The lowest BCUT2D eigenvalue weighted by atomic mass is 10.2. The highest BCUT2D eigenvalue weighted by Crippen LogP contribution is 2.23. The standard InChI is InChI=1S/C14H14O3S.C9H12O3S.2C2H6/c1-11-3-7-13(8-4-11)18(15,16)14-9-5-12(17-2)6-10-14;1-3-13(10,11)9-6-4-8(12-2)5-7-9;2*1-2/h3-10H,1-2H3;4-7H,3H2,1-2H3;2*1-2H3. The molecule has 0 saturated carbocycles. The first kappa shape index (κ1) is 32.2. The summed E-state index contributed by atoms with van der Waals surface area (Å²) >= 11 is 0. The molecule has 8 heteroatoms. The summed E-state index contributed by atoms with van der Waals surface area (Å²) in [7, 11) is -3.42. The Kier molecular flexibility index (Phi) is 14.7. The third-order valence-electron chi connectivity index (χ3n) is 4.50. The van der Waals surface area contributed by atoms with Crippen molar-refractivity contribution in [2.75, 3.05) is 20.0 Å². The summed E-state index contributed by atoms with van der Waals surface area (Å²) in [5.41, 5.74) is 1.03. The highest BCUT2D eigenvalue weighted by molar-refractivity contribution is 7.91. The predicted octanol–water partition coefficient (Wildman–Crippen LogP) is 6.38.